The van der Waals surface area contributed by atoms with Crippen molar-refractivity contribution in [2.24, 2.45) is 0 Å². The van der Waals surface area contributed by atoms with Gasteiger partial charge >= 0.3 is 6.18 Å². The molecule has 18 heavy (non-hydrogen) atoms. The van der Waals surface area contributed by atoms with E-state index in [4.69, 9.17) is 0 Å². The van der Waals surface area contributed by atoms with Crippen molar-refractivity contribution >= 4 is 11.8 Å². The van der Waals surface area contributed by atoms with E-state index in [2.05, 4.69) is 17.2 Å². The van der Waals surface area contributed by atoms with Crippen LogP contribution in [0.2, 0.25) is 0 Å². The van der Waals surface area contributed by atoms with Crippen molar-refractivity contribution in [2.75, 3.05) is 13.1 Å². The van der Waals surface area contributed by atoms with Gasteiger partial charge in [0.2, 0.25) is 0 Å². The summed E-state index contributed by atoms with van der Waals surface area (Å²) in [5.41, 5.74) is -0.705. The number of hydrogen-bond acceptors (Lipinski definition) is 3. The molecule has 0 aromatic carbocycles. The summed E-state index contributed by atoms with van der Waals surface area (Å²) in [5.74, 6) is 0. The second kappa shape index (κ2) is 6.99. The molecule has 1 N–H and O–H groups in total. The van der Waals surface area contributed by atoms with E-state index in [1.54, 1.807) is 0 Å². The number of halogens is 3. The quantitative estimate of drug-likeness (QED) is 0.636. The van der Waals surface area contributed by atoms with Crippen molar-refractivity contribution in [2.45, 2.75) is 36.7 Å². The lowest BCUT2D eigenvalue weighted by atomic mass is 10.3. The molecule has 0 aliphatic carbocycles. The molecule has 1 rings (SSSR count). The summed E-state index contributed by atoms with van der Waals surface area (Å²) >= 11 is 1.47. The van der Waals surface area contributed by atoms with Crippen molar-refractivity contribution < 1.29 is 13.2 Å². The summed E-state index contributed by atoms with van der Waals surface area (Å²) in [6, 6.07) is 2.49. The molecule has 102 valence electrons. The van der Waals surface area contributed by atoms with Gasteiger partial charge in [0.1, 0.15) is 0 Å². The molecule has 1 aromatic rings. The van der Waals surface area contributed by atoms with Gasteiger partial charge in [-0.15, -0.1) is 11.8 Å². The number of alkyl halides is 3. The number of hydrogen-bond donors (Lipinski definition) is 1. The van der Waals surface area contributed by atoms with E-state index in [0.717, 1.165) is 31.8 Å². The summed E-state index contributed by atoms with van der Waals surface area (Å²) in [7, 11) is 0. The van der Waals surface area contributed by atoms with E-state index in [0.29, 0.717) is 5.03 Å². The van der Waals surface area contributed by atoms with Crippen LogP contribution >= 0.6 is 11.8 Å². The summed E-state index contributed by atoms with van der Waals surface area (Å²) in [4.78, 5) is 3.83. The molecule has 0 aliphatic rings. The maximum atomic E-state index is 12.3. The van der Waals surface area contributed by atoms with Crippen LogP contribution in [0.3, 0.4) is 0 Å². The van der Waals surface area contributed by atoms with Gasteiger partial charge in [0.15, 0.2) is 0 Å². The molecule has 0 spiro atoms. The first-order chi connectivity index (χ1) is 8.43. The van der Waals surface area contributed by atoms with Crippen LogP contribution in [0.4, 0.5) is 13.2 Å². The molecule has 0 fully saturated rings. The minimum absolute atomic E-state index is 0.279. The van der Waals surface area contributed by atoms with Gasteiger partial charge in [-0.05, 0) is 25.1 Å². The Morgan fingerprint density at radius 1 is 1.39 bits per heavy atom. The molecule has 1 atom stereocenters. The van der Waals surface area contributed by atoms with Crippen LogP contribution in [-0.2, 0) is 6.18 Å². The second-order valence-electron chi connectivity index (χ2n) is 4.02. The molecule has 0 saturated carbocycles. The molecule has 0 radical (unpaired) electrons. The molecular formula is C12H17F3N2S. The van der Waals surface area contributed by atoms with Gasteiger partial charge in [0, 0.05) is 18.0 Å². The van der Waals surface area contributed by atoms with Gasteiger partial charge in [-0.1, -0.05) is 13.8 Å². The topological polar surface area (TPSA) is 24.9 Å². The lowest BCUT2D eigenvalue weighted by molar-refractivity contribution is -0.137. The number of rotatable bonds is 6. The molecular weight excluding hydrogens is 261 g/mol. The van der Waals surface area contributed by atoms with E-state index in [1.807, 2.05) is 6.92 Å². The fourth-order valence-electron chi connectivity index (χ4n) is 1.35. The highest BCUT2D eigenvalue weighted by Crippen LogP contribution is 2.30. The van der Waals surface area contributed by atoms with E-state index in [9.17, 15) is 13.2 Å². The Kier molecular flexibility index (Phi) is 5.95. The summed E-state index contributed by atoms with van der Waals surface area (Å²) in [6.07, 6.45) is -2.37. The molecule has 0 saturated heterocycles. The van der Waals surface area contributed by atoms with Gasteiger partial charge < -0.3 is 5.32 Å². The molecule has 1 unspecified atom stereocenters. The van der Waals surface area contributed by atoms with Gasteiger partial charge in [0.05, 0.1) is 10.6 Å². The van der Waals surface area contributed by atoms with E-state index in [-0.39, 0.29) is 5.25 Å². The number of nitrogens with zero attached hydrogens (tertiary/aromatic N) is 1. The summed E-state index contributed by atoms with van der Waals surface area (Å²) in [6.45, 7) is 5.88. The highest BCUT2D eigenvalue weighted by atomic mass is 32.2. The molecule has 6 heteroatoms. The number of thioether (sulfide) groups is 1. The third kappa shape index (κ3) is 5.27. The standard InChI is InChI=1S/C12H17F3N2S/c1-3-6-16-7-9(2)18-11-5-4-10(8-17-11)12(13,14)15/h4-5,8-9,16H,3,6-7H2,1-2H3. The van der Waals surface area contributed by atoms with Gasteiger partial charge in [0.25, 0.3) is 0 Å². The van der Waals surface area contributed by atoms with Crippen LogP contribution in [0.15, 0.2) is 23.4 Å². The van der Waals surface area contributed by atoms with Crippen LogP contribution < -0.4 is 5.32 Å². The lowest BCUT2D eigenvalue weighted by Gasteiger charge is -2.12. The SMILES string of the molecule is CCCNCC(C)Sc1ccc(C(F)(F)F)cn1. The molecule has 0 aliphatic heterocycles. The zero-order valence-electron chi connectivity index (χ0n) is 10.4. The van der Waals surface area contributed by atoms with Crippen LogP contribution in [0.5, 0.6) is 0 Å². The maximum Gasteiger partial charge on any atom is 0.417 e. The molecule has 0 amide bonds. The van der Waals surface area contributed by atoms with Crippen LogP contribution in [0, 0.1) is 0 Å². The Morgan fingerprint density at radius 3 is 2.61 bits per heavy atom. The van der Waals surface area contributed by atoms with Crippen molar-refractivity contribution in [1.29, 1.82) is 0 Å². The fourth-order valence-corrected chi connectivity index (χ4v) is 2.22. The monoisotopic (exact) mass is 278 g/mol. The Morgan fingerprint density at radius 2 is 2.11 bits per heavy atom. The average molecular weight is 278 g/mol. The minimum atomic E-state index is -4.31. The van der Waals surface area contributed by atoms with Crippen LogP contribution in [-0.4, -0.2) is 23.3 Å². The Bertz CT molecular complexity index is 351. The second-order valence-corrected chi connectivity index (χ2v) is 5.47. The molecule has 1 heterocycles. The van der Waals surface area contributed by atoms with Gasteiger partial charge in [-0.2, -0.15) is 13.2 Å². The van der Waals surface area contributed by atoms with Crippen molar-refractivity contribution in [1.82, 2.24) is 10.3 Å². The average Bonchev–Trinajstić information content (AvgIpc) is 2.29. The molecule has 0 bridgehead atoms. The molecule has 1 aromatic heterocycles. The minimum Gasteiger partial charge on any atom is -0.316 e. The number of aromatic nitrogens is 1. The Hall–Kier alpha value is -0.750. The Balaban J connectivity index is 2.48. The largest absolute Gasteiger partial charge is 0.417 e. The summed E-state index contributed by atoms with van der Waals surface area (Å²) in [5, 5.41) is 4.16. The first-order valence-electron chi connectivity index (χ1n) is 5.84. The normalized spacial score (nSPS) is 13.6. The maximum absolute atomic E-state index is 12.3. The molecule has 2 nitrogen and oxygen atoms in total. The van der Waals surface area contributed by atoms with E-state index >= 15 is 0 Å². The highest BCUT2D eigenvalue weighted by molar-refractivity contribution is 7.99. The number of pyridine rings is 1. The van der Waals surface area contributed by atoms with Crippen molar-refractivity contribution in [3.8, 4) is 0 Å². The number of nitrogens with one attached hydrogen (secondary N) is 1. The predicted molar refractivity (Wildman–Crippen MR) is 67.7 cm³/mol. The third-order valence-electron chi connectivity index (χ3n) is 2.24. The van der Waals surface area contributed by atoms with Crippen LogP contribution in [0.25, 0.3) is 0 Å². The van der Waals surface area contributed by atoms with Crippen molar-refractivity contribution in [3.63, 3.8) is 0 Å². The van der Waals surface area contributed by atoms with Gasteiger partial charge in [-0.25, -0.2) is 4.98 Å². The van der Waals surface area contributed by atoms with Crippen molar-refractivity contribution in [3.05, 3.63) is 23.9 Å². The summed E-state index contributed by atoms with van der Waals surface area (Å²) < 4.78 is 37.0. The third-order valence-corrected chi connectivity index (χ3v) is 3.30. The van der Waals surface area contributed by atoms with E-state index in [1.165, 1.54) is 17.8 Å². The van der Waals surface area contributed by atoms with Gasteiger partial charge in [-0.3, -0.25) is 0 Å². The van der Waals surface area contributed by atoms with E-state index < -0.39 is 11.7 Å². The predicted octanol–water partition coefficient (Wildman–Crippen LogP) is 3.58. The Labute approximate surface area is 109 Å². The first-order valence-corrected chi connectivity index (χ1v) is 6.72. The first kappa shape index (κ1) is 15.3. The smallest absolute Gasteiger partial charge is 0.316 e. The van der Waals surface area contributed by atoms with Crippen LogP contribution in [0.1, 0.15) is 25.8 Å². The lowest BCUT2D eigenvalue weighted by Crippen LogP contribution is -2.23. The fraction of sp³-hybridized carbons (Fsp3) is 0.583. The zero-order chi connectivity index (χ0) is 13.6. The zero-order valence-corrected chi connectivity index (χ0v) is 11.2. The highest BCUT2D eigenvalue weighted by Gasteiger charge is 2.30.